The molecule has 1 aliphatic heterocycles. The number of rotatable bonds is 2. The molecule has 1 saturated heterocycles. The van der Waals surface area contributed by atoms with Crippen LogP contribution in [-0.4, -0.2) is 24.5 Å². The average molecular weight is 329 g/mol. The van der Waals surface area contributed by atoms with Crippen LogP contribution in [-0.2, 0) is 12.8 Å². The summed E-state index contributed by atoms with van der Waals surface area (Å²) in [5, 5.41) is 6.64. The fraction of sp³-hybridized carbons (Fsp3) is 0.688. The van der Waals surface area contributed by atoms with Gasteiger partial charge in [0, 0.05) is 17.0 Å². The molecule has 5 heteroatoms. The molecule has 2 heterocycles. The van der Waals surface area contributed by atoms with Crippen LogP contribution < -0.4 is 10.6 Å². The Bertz CT molecular complexity index is 502. The van der Waals surface area contributed by atoms with E-state index >= 15 is 0 Å². The first-order valence-corrected chi connectivity index (χ1v) is 8.59. The Hall–Kier alpha value is -0.580. The van der Waals surface area contributed by atoms with Gasteiger partial charge in [-0.05, 0) is 63.1 Å². The van der Waals surface area contributed by atoms with E-state index in [1.807, 2.05) is 0 Å². The van der Waals surface area contributed by atoms with Crippen molar-refractivity contribution in [2.45, 2.75) is 58.0 Å². The standard InChI is InChI=1S/C16H24N2OS.ClH/c1-10-3-4-14-12(7-10)9-15(20-14)16(19)18-13-5-6-17-11(2)8-13;/h9-11,13,17H,3-8H2,1-2H3,(H,18,19);1H. The van der Waals surface area contributed by atoms with E-state index in [4.69, 9.17) is 0 Å². The van der Waals surface area contributed by atoms with Crippen molar-refractivity contribution in [3.05, 3.63) is 21.4 Å². The molecule has 3 unspecified atom stereocenters. The maximum atomic E-state index is 12.4. The Morgan fingerprint density at radius 2 is 2.19 bits per heavy atom. The van der Waals surface area contributed by atoms with E-state index in [1.165, 1.54) is 16.9 Å². The zero-order chi connectivity index (χ0) is 14.1. The van der Waals surface area contributed by atoms with E-state index in [9.17, 15) is 4.79 Å². The van der Waals surface area contributed by atoms with Gasteiger partial charge in [0.25, 0.3) is 5.91 Å². The quantitative estimate of drug-likeness (QED) is 0.875. The number of thiophene rings is 1. The minimum atomic E-state index is 0. The van der Waals surface area contributed by atoms with Gasteiger partial charge in [-0.1, -0.05) is 6.92 Å². The van der Waals surface area contributed by atoms with Gasteiger partial charge in [0.15, 0.2) is 0 Å². The van der Waals surface area contributed by atoms with Crippen LogP contribution in [0, 0.1) is 5.92 Å². The van der Waals surface area contributed by atoms with Crippen LogP contribution in [0.3, 0.4) is 0 Å². The van der Waals surface area contributed by atoms with Gasteiger partial charge in [0.05, 0.1) is 4.88 Å². The number of fused-ring (bicyclic) bond motifs is 1. The van der Waals surface area contributed by atoms with Gasteiger partial charge in [0.2, 0.25) is 0 Å². The lowest BCUT2D eigenvalue weighted by Crippen LogP contribution is -2.46. The molecule has 2 aliphatic rings. The van der Waals surface area contributed by atoms with E-state index in [2.05, 4.69) is 30.5 Å². The van der Waals surface area contributed by atoms with Gasteiger partial charge in [-0.3, -0.25) is 4.79 Å². The first-order valence-electron chi connectivity index (χ1n) is 7.77. The first-order chi connectivity index (χ1) is 9.61. The molecule has 0 aromatic carbocycles. The summed E-state index contributed by atoms with van der Waals surface area (Å²) in [6, 6.07) is 2.97. The van der Waals surface area contributed by atoms with Crippen molar-refractivity contribution < 1.29 is 4.79 Å². The summed E-state index contributed by atoms with van der Waals surface area (Å²) in [4.78, 5) is 14.7. The molecule has 0 bridgehead atoms. The third-order valence-corrected chi connectivity index (χ3v) is 5.75. The SMILES string of the molecule is CC1CCc2sc(C(=O)NC3CCNC(C)C3)cc2C1.Cl. The van der Waals surface area contributed by atoms with Crippen LogP contribution in [0.4, 0.5) is 0 Å². The molecular weight excluding hydrogens is 304 g/mol. The van der Waals surface area contributed by atoms with Crippen LogP contribution in [0.2, 0.25) is 0 Å². The van der Waals surface area contributed by atoms with Crippen molar-refractivity contribution in [3.8, 4) is 0 Å². The van der Waals surface area contributed by atoms with E-state index in [0.29, 0.717) is 12.1 Å². The second-order valence-electron chi connectivity index (χ2n) is 6.46. The largest absolute Gasteiger partial charge is 0.349 e. The van der Waals surface area contributed by atoms with Crippen molar-refractivity contribution in [2.75, 3.05) is 6.54 Å². The summed E-state index contributed by atoms with van der Waals surface area (Å²) in [6.45, 7) is 5.49. The Labute approximate surface area is 137 Å². The van der Waals surface area contributed by atoms with Crippen LogP contribution in [0.25, 0.3) is 0 Å². The Balaban J connectivity index is 0.00000161. The van der Waals surface area contributed by atoms with Crippen molar-refractivity contribution >= 4 is 29.7 Å². The van der Waals surface area contributed by atoms with E-state index in [1.54, 1.807) is 11.3 Å². The van der Waals surface area contributed by atoms with Crippen molar-refractivity contribution in [3.63, 3.8) is 0 Å². The molecule has 118 valence electrons. The third-order valence-electron chi connectivity index (χ3n) is 4.51. The summed E-state index contributed by atoms with van der Waals surface area (Å²) in [5.74, 6) is 0.898. The number of amides is 1. The molecule has 21 heavy (non-hydrogen) atoms. The molecule has 1 amide bonds. The third kappa shape index (κ3) is 3.99. The number of hydrogen-bond acceptors (Lipinski definition) is 3. The summed E-state index contributed by atoms with van der Waals surface area (Å²) >= 11 is 1.71. The zero-order valence-electron chi connectivity index (χ0n) is 12.8. The summed E-state index contributed by atoms with van der Waals surface area (Å²) in [6.07, 6.45) is 5.63. The molecule has 3 rings (SSSR count). The normalized spacial score (nSPS) is 28.4. The lowest BCUT2D eigenvalue weighted by molar-refractivity contribution is 0.0929. The Kier molecular flexibility index (Phi) is 5.69. The molecule has 1 aliphatic carbocycles. The lowest BCUT2D eigenvalue weighted by atomic mass is 9.90. The second-order valence-corrected chi connectivity index (χ2v) is 7.59. The highest BCUT2D eigenvalue weighted by Crippen LogP contribution is 2.32. The number of halogens is 1. The van der Waals surface area contributed by atoms with Crippen LogP contribution in [0.15, 0.2) is 6.07 Å². The molecule has 2 N–H and O–H groups in total. The number of carbonyl (C=O) groups is 1. The number of hydrogen-bond donors (Lipinski definition) is 2. The molecule has 1 aromatic rings. The molecule has 0 spiro atoms. The average Bonchev–Trinajstić information content (AvgIpc) is 2.81. The Morgan fingerprint density at radius 1 is 1.38 bits per heavy atom. The van der Waals surface area contributed by atoms with Crippen LogP contribution >= 0.6 is 23.7 Å². The van der Waals surface area contributed by atoms with Crippen molar-refractivity contribution in [1.29, 1.82) is 0 Å². The molecule has 0 saturated carbocycles. The molecule has 3 nitrogen and oxygen atoms in total. The van der Waals surface area contributed by atoms with Gasteiger partial charge < -0.3 is 10.6 Å². The Morgan fingerprint density at radius 3 is 2.95 bits per heavy atom. The number of piperidine rings is 1. The van der Waals surface area contributed by atoms with Crippen molar-refractivity contribution in [2.24, 2.45) is 5.92 Å². The fourth-order valence-electron chi connectivity index (χ4n) is 3.34. The van der Waals surface area contributed by atoms with Gasteiger partial charge in [-0.2, -0.15) is 0 Å². The summed E-state index contributed by atoms with van der Waals surface area (Å²) in [7, 11) is 0. The van der Waals surface area contributed by atoms with Crippen molar-refractivity contribution in [1.82, 2.24) is 10.6 Å². The number of carbonyl (C=O) groups excluding carboxylic acids is 1. The highest BCUT2D eigenvalue weighted by molar-refractivity contribution is 7.14. The molecule has 3 atom stereocenters. The lowest BCUT2D eigenvalue weighted by Gasteiger charge is -2.28. The van der Waals surface area contributed by atoms with Gasteiger partial charge >= 0.3 is 0 Å². The minimum Gasteiger partial charge on any atom is -0.349 e. The van der Waals surface area contributed by atoms with E-state index < -0.39 is 0 Å². The van der Waals surface area contributed by atoms with Gasteiger partial charge in [-0.25, -0.2) is 0 Å². The first kappa shape index (κ1) is 16.8. The highest BCUT2D eigenvalue weighted by atomic mass is 35.5. The smallest absolute Gasteiger partial charge is 0.261 e. The van der Waals surface area contributed by atoms with Crippen LogP contribution in [0.5, 0.6) is 0 Å². The number of aryl methyl sites for hydroxylation is 1. The summed E-state index contributed by atoms with van der Waals surface area (Å²) < 4.78 is 0. The van der Waals surface area contributed by atoms with Gasteiger partial charge in [0.1, 0.15) is 0 Å². The van der Waals surface area contributed by atoms with Gasteiger partial charge in [-0.15, -0.1) is 23.7 Å². The minimum absolute atomic E-state index is 0. The maximum Gasteiger partial charge on any atom is 0.261 e. The van der Waals surface area contributed by atoms with E-state index in [0.717, 1.165) is 43.0 Å². The summed E-state index contributed by atoms with van der Waals surface area (Å²) in [5.41, 5.74) is 1.41. The highest BCUT2D eigenvalue weighted by Gasteiger charge is 2.24. The molecular formula is C16H25ClN2OS. The second kappa shape index (κ2) is 7.12. The molecule has 1 fully saturated rings. The van der Waals surface area contributed by atoms with E-state index in [-0.39, 0.29) is 18.3 Å². The maximum absolute atomic E-state index is 12.4. The molecule has 0 radical (unpaired) electrons. The fourth-order valence-corrected chi connectivity index (χ4v) is 4.45. The predicted octanol–water partition coefficient (Wildman–Crippen LogP) is 3.17. The zero-order valence-corrected chi connectivity index (χ0v) is 14.4. The number of nitrogens with one attached hydrogen (secondary N) is 2. The van der Waals surface area contributed by atoms with Crippen LogP contribution in [0.1, 0.15) is 53.2 Å². The predicted molar refractivity (Wildman–Crippen MR) is 90.7 cm³/mol. The topological polar surface area (TPSA) is 41.1 Å². The monoisotopic (exact) mass is 328 g/mol. The molecule has 1 aromatic heterocycles.